The van der Waals surface area contributed by atoms with Gasteiger partial charge in [-0.05, 0) is 80.2 Å². The highest BCUT2D eigenvalue weighted by Gasteiger charge is 2.32. The molecule has 7 rings (SSSR count). The number of aromatic nitrogens is 1. The van der Waals surface area contributed by atoms with Crippen LogP contribution in [0.25, 0.3) is 22.0 Å². The number of hydrogen-bond acceptors (Lipinski definition) is 8. The molecule has 1 N–H and O–H groups in total. The zero-order valence-corrected chi connectivity index (χ0v) is 23.6. The SMILES string of the molecule is O=C(c1cc(NCCN2CCOCC2)nc2ccc(-c3ccc4c(c3)OCO4)cc12)N1CCC[C@H]1CN1CCCC1. The average molecular weight is 558 g/mol. The van der Waals surface area contributed by atoms with Crippen LogP contribution in [0.1, 0.15) is 36.0 Å². The molecule has 216 valence electrons. The third-order valence-electron chi connectivity index (χ3n) is 8.89. The maximum absolute atomic E-state index is 14.3. The molecule has 4 aliphatic rings. The van der Waals surface area contributed by atoms with Crippen LogP contribution in [0.15, 0.2) is 42.5 Å². The van der Waals surface area contributed by atoms with E-state index >= 15 is 0 Å². The number of nitrogens with one attached hydrogen (secondary N) is 1. The van der Waals surface area contributed by atoms with Crippen LogP contribution in [0.3, 0.4) is 0 Å². The van der Waals surface area contributed by atoms with Gasteiger partial charge in [-0.15, -0.1) is 0 Å². The van der Waals surface area contributed by atoms with Crippen molar-refractivity contribution in [1.29, 1.82) is 0 Å². The lowest BCUT2D eigenvalue weighted by Gasteiger charge is -2.29. The fourth-order valence-corrected chi connectivity index (χ4v) is 6.63. The highest BCUT2D eigenvalue weighted by molar-refractivity contribution is 6.08. The molecule has 0 saturated carbocycles. The number of ether oxygens (including phenoxy) is 3. The molecule has 0 unspecified atom stereocenters. The summed E-state index contributed by atoms with van der Waals surface area (Å²) in [6.45, 7) is 9.47. The molecule has 5 heterocycles. The Kier molecular flexibility index (Phi) is 7.65. The minimum Gasteiger partial charge on any atom is -0.454 e. The van der Waals surface area contributed by atoms with Crippen molar-refractivity contribution < 1.29 is 19.0 Å². The number of carbonyl (C=O) groups excluding carboxylic acids is 1. The van der Waals surface area contributed by atoms with Gasteiger partial charge in [0.05, 0.1) is 24.3 Å². The second-order valence-corrected chi connectivity index (χ2v) is 11.5. The number of morpholine rings is 1. The lowest BCUT2D eigenvalue weighted by Crippen LogP contribution is -2.42. The Morgan fingerprint density at radius 3 is 2.56 bits per heavy atom. The Morgan fingerprint density at radius 1 is 0.878 bits per heavy atom. The summed E-state index contributed by atoms with van der Waals surface area (Å²) in [4.78, 5) is 26.3. The number of hydrogen-bond donors (Lipinski definition) is 1. The number of likely N-dealkylation sites (tertiary alicyclic amines) is 2. The maximum atomic E-state index is 14.3. The van der Waals surface area contributed by atoms with E-state index in [0.717, 1.165) is 123 Å². The van der Waals surface area contributed by atoms with E-state index in [1.165, 1.54) is 12.8 Å². The Hall–Kier alpha value is -3.40. The molecule has 1 aromatic heterocycles. The summed E-state index contributed by atoms with van der Waals surface area (Å²) in [7, 11) is 0. The summed E-state index contributed by atoms with van der Waals surface area (Å²) in [5, 5.41) is 4.40. The summed E-state index contributed by atoms with van der Waals surface area (Å²) in [6, 6.07) is 14.4. The van der Waals surface area contributed by atoms with E-state index in [9.17, 15) is 4.79 Å². The minimum absolute atomic E-state index is 0.109. The van der Waals surface area contributed by atoms with Crippen LogP contribution in [0, 0.1) is 0 Å². The summed E-state index contributed by atoms with van der Waals surface area (Å²) in [5.41, 5.74) is 3.59. The summed E-state index contributed by atoms with van der Waals surface area (Å²) >= 11 is 0. The molecule has 3 aromatic rings. The van der Waals surface area contributed by atoms with Crippen LogP contribution in [-0.4, -0.2) is 104 Å². The van der Waals surface area contributed by atoms with Crippen molar-refractivity contribution in [3.05, 3.63) is 48.0 Å². The Labute approximate surface area is 241 Å². The second kappa shape index (κ2) is 11.8. The van der Waals surface area contributed by atoms with Gasteiger partial charge in [0, 0.05) is 50.7 Å². The fraction of sp³-hybridized carbons (Fsp3) is 0.500. The quantitative estimate of drug-likeness (QED) is 0.444. The van der Waals surface area contributed by atoms with Crippen molar-refractivity contribution in [3.63, 3.8) is 0 Å². The smallest absolute Gasteiger partial charge is 0.254 e. The van der Waals surface area contributed by atoms with E-state index in [-0.39, 0.29) is 18.7 Å². The first-order valence-electron chi connectivity index (χ1n) is 15.1. The monoisotopic (exact) mass is 557 g/mol. The van der Waals surface area contributed by atoms with E-state index in [0.29, 0.717) is 0 Å². The van der Waals surface area contributed by atoms with Crippen LogP contribution < -0.4 is 14.8 Å². The van der Waals surface area contributed by atoms with Crippen LogP contribution in [0.2, 0.25) is 0 Å². The summed E-state index contributed by atoms with van der Waals surface area (Å²) < 4.78 is 16.6. The first-order valence-corrected chi connectivity index (χ1v) is 15.1. The lowest BCUT2D eigenvalue weighted by molar-refractivity contribution is 0.0398. The topological polar surface area (TPSA) is 79.4 Å². The van der Waals surface area contributed by atoms with Gasteiger partial charge in [-0.3, -0.25) is 9.69 Å². The number of anilines is 1. The zero-order chi connectivity index (χ0) is 27.6. The molecular weight excluding hydrogens is 518 g/mol. The summed E-state index contributed by atoms with van der Waals surface area (Å²) in [5.74, 6) is 2.37. The Morgan fingerprint density at radius 2 is 1.68 bits per heavy atom. The van der Waals surface area contributed by atoms with Crippen LogP contribution in [0.4, 0.5) is 5.82 Å². The molecule has 2 aromatic carbocycles. The van der Waals surface area contributed by atoms with Gasteiger partial charge >= 0.3 is 0 Å². The number of benzene rings is 2. The molecule has 1 amide bonds. The molecule has 41 heavy (non-hydrogen) atoms. The van der Waals surface area contributed by atoms with Gasteiger partial charge < -0.3 is 29.3 Å². The number of nitrogens with zero attached hydrogens (tertiary/aromatic N) is 4. The second-order valence-electron chi connectivity index (χ2n) is 11.5. The molecule has 9 heteroatoms. The molecule has 9 nitrogen and oxygen atoms in total. The van der Waals surface area contributed by atoms with Gasteiger partial charge in [0.25, 0.3) is 5.91 Å². The van der Waals surface area contributed by atoms with E-state index < -0.39 is 0 Å². The van der Waals surface area contributed by atoms with E-state index in [1.54, 1.807) is 0 Å². The number of fused-ring (bicyclic) bond motifs is 2. The first-order chi connectivity index (χ1) is 20.2. The van der Waals surface area contributed by atoms with Crippen LogP contribution >= 0.6 is 0 Å². The molecule has 0 bridgehead atoms. The standard InChI is InChI=1S/C32H39N5O4/c38-32(37-12-3-4-25(37)21-36-10-1-2-11-36)27-20-31(33-9-13-35-14-16-39-17-15-35)34-28-7-5-23(18-26(27)28)24-6-8-29-30(19-24)41-22-40-29/h5-8,18-20,25H,1-4,9-17,21-22H2,(H,33,34)/t25-/m0/s1. The highest BCUT2D eigenvalue weighted by atomic mass is 16.7. The normalized spacial score (nSPS) is 21.2. The fourth-order valence-electron chi connectivity index (χ4n) is 6.63. The zero-order valence-electron chi connectivity index (χ0n) is 23.6. The van der Waals surface area contributed by atoms with Crippen LogP contribution in [-0.2, 0) is 4.74 Å². The Balaban J connectivity index is 1.20. The van der Waals surface area contributed by atoms with Crippen LogP contribution in [0.5, 0.6) is 11.5 Å². The van der Waals surface area contributed by atoms with Crippen molar-refractivity contribution in [1.82, 2.24) is 19.7 Å². The highest BCUT2D eigenvalue weighted by Crippen LogP contribution is 2.37. The van der Waals surface area contributed by atoms with Gasteiger partial charge in [0.15, 0.2) is 11.5 Å². The minimum atomic E-state index is 0.109. The van der Waals surface area contributed by atoms with Crippen molar-refractivity contribution in [3.8, 4) is 22.6 Å². The third-order valence-corrected chi connectivity index (χ3v) is 8.89. The van der Waals surface area contributed by atoms with Gasteiger partial charge in [-0.1, -0.05) is 12.1 Å². The van der Waals surface area contributed by atoms with Crippen molar-refractivity contribution in [2.24, 2.45) is 0 Å². The molecule has 0 aliphatic carbocycles. The predicted octanol–water partition coefficient (Wildman–Crippen LogP) is 4.08. The number of rotatable bonds is 8. The molecule has 4 aliphatic heterocycles. The van der Waals surface area contributed by atoms with Crippen molar-refractivity contribution in [2.45, 2.75) is 31.7 Å². The van der Waals surface area contributed by atoms with E-state index in [4.69, 9.17) is 19.2 Å². The largest absolute Gasteiger partial charge is 0.454 e. The molecule has 0 radical (unpaired) electrons. The first kappa shape index (κ1) is 26.5. The van der Waals surface area contributed by atoms with Gasteiger partial charge in [0.1, 0.15) is 5.82 Å². The molecule has 3 fully saturated rings. The predicted molar refractivity (Wildman–Crippen MR) is 159 cm³/mol. The van der Waals surface area contributed by atoms with Crippen molar-refractivity contribution >= 4 is 22.6 Å². The number of pyridine rings is 1. The lowest BCUT2D eigenvalue weighted by atomic mass is 9.99. The van der Waals surface area contributed by atoms with E-state index in [2.05, 4.69) is 32.1 Å². The van der Waals surface area contributed by atoms with Gasteiger partial charge in [-0.25, -0.2) is 4.98 Å². The average Bonchev–Trinajstić information content (AvgIpc) is 3.79. The van der Waals surface area contributed by atoms with Crippen molar-refractivity contribution in [2.75, 3.05) is 77.7 Å². The maximum Gasteiger partial charge on any atom is 0.254 e. The van der Waals surface area contributed by atoms with Gasteiger partial charge in [0.2, 0.25) is 6.79 Å². The molecule has 0 spiro atoms. The molecular formula is C32H39N5O4. The molecule has 3 saturated heterocycles. The number of amides is 1. The Bertz CT molecular complexity index is 1400. The number of carbonyl (C=O) groups is 1. The van der Waals surface area contributed by atoms with Gasteiger partial charge in [-0.2, -0.15) is 0 Å². The third kappa shape index (κ3) is 5.71. The molecule has 1 atom stereocenters. The van der Waals surface area contributed by atoms with E-state index in [1.807, 2.05) is 30.3 Å². The summed E-state index contributed by atoms with van der Waals surface area (Å²) in [6.07, 6.45) is 4.65.